The first-order valence-corrected chi connectivity index (χ1v) is 7.69. The van der Waals surface area contributed by atoms with Crippen molar-refractivity contribution in [3.05, 3.63) is 56.5 Å². The highest BCUT2D eigenvalue weighted by atomic mass is 79.9. The van der Waals surface area contributed by atoms with Crippen LogP contribution in [0.2, 0.25) is 0 Å². The number of ether oxygens (including phenoxy) is 1. The van der Waals surface area contributed by atoms with E-state index in [0.29, 0.717) is 12.2 Å². The number of anilines is 1. The molecule has 0 heterocycles. The number of hydrogen-bond donors (Lipinski definition) is 2. The van der Waals surface area contributed by atoms with Gasteiger partial charge < -0.3 is 15.2 Å². The zero-order valence-corrected chi connectivity index (χ0v) is 14.4. The summed E-state index contributed by atoms with van der Waals surface area (Å²) in [5.74, 6) is -0.237. The quantitative estimate of drug-likeness (QED) is 0.754. The van der Waals surface area contributed by atoms with Gasteiger partial charge >= 0.3 is 5.97 Å². The van der Waals surface area contributed by atoms with E-state index in [1.165, 1.54) is 0 Å². The third-order valence-electron chi connectivity index (χ3n) is 2.92. The van der Waals surface area contributed by atoms with Gasteiger partial charge in [0.15, 0.2) is 0 Å². The number of rotatable bonds is 5. The fourth-order valence-corrected chi connectivity index (χ4v) is 3.46. The van der Waals surface area contributed by atoms with Crippen LogP contribution in [-0.4, -0.2) is 18.2 Å². The summed E-state index contributed by atoms with van der Waals surface area (Å²) in [4.78, 5) is 11.2. The van der Waals surface area contributed by atoms with Gasteiger partial charge in [0.05, 0.1) is 17.1 Å². The highest BCUT2D eigenvalue weighted by Crippen LogP contribution is 2.33. The maximum atomic E-state index is 11.2. The largest absolute Gasteiger partial charge is 0.495 e. The van der Waals surface area contributed by atoms with Crippen molar-refractivity contribution in [2.75, 3.05) is 12.4 Å². The van der Waals surface area contributed by atoms with Crippen molar-refractivity contribution in [3.8, 4) is 5.75 Å². The summed E-state index contributed by atoms with van der Waals surface area (Å²) in [5, 5.41) is 12.3. The second-order valence-corrected chi connectivity index (χ2v) is 6.05. The lowest BCUT2D eigenvalue weighted by atomic mass is 10.1. The highest BCUT2D eigenvalue weighted by molar-refractivity contribution is 9.11. The molecule has 2 aromatic carbocycles. The van der Waals surface area contributed by atoms with E-state index < -0.39 is 5.97 Å². The van der Waals surface area contributed by atoms with Crippen molar-refractivity contribution >= 4 is 43.5 Å². The summed E-state index contributed by atoms with van der Waals surface area (Å²) >= 11 is 6.88. The zero-order chi connectivity index (χ0) is 15.4. The molecule has 0 aromatic heterocycles. The molecule has 4 nitrogen and oxygen atoms in total. The number of nitrogens with one attached hydrogen (secondary N) is 1. The molecule has 0 saturated heterocycles. The predicted molar refractivity (Wildman–Crippen MR) is 89.1 cm³/mol. The fourth-order valence-electron chi connectivity index (χ4n) is 1.99. The summed E-state index contributed by atoms with van der Waals surface area (Å²) in [6.07, 6.45) is 0. The topological polar surface area (TPSA) is 58.6 Å². The Kier molecular flexibility index (Phi) is 5.25. The van der Waals surface area contributed by atoms with Crippen LogP contribution in [0.25, 0.3) is 0 Å². The van der Waals surface area contributed by atoms with Gasteiger partial charge in [-0.25, -0.2) is 4.79 Å². The number of aromatic carboxylic acids is 1. The molecule has 0 spiro atoms. The first-order valence-electron chi connectivity index (χ1n) is 6.11. The number of carboxylic acids is 1. The highest BCUT2D eigenvalue weighted by Gasteiger charge is 2.12. The van der Waals surface area contributed by atoms with Gasteiger partial charge in [-0.2, -0.15) is 0 Å². The van der Waals surface area contributed by atoms with E-state index in [1.807, 2.05) is 12.1 Å². The molecule has 0 bridgehead atoms. The molecule has 0 unspecified atom stereocenters. The van der Waals surface area contributed by atoms with E-state index >= 15 is 0 Å². The minimum atomic E-state index is -0.958. The lowest BCUT2D eigenvalue weighted by Crippen LogP contribution is -2.07. The number of methoxy groups -OCH3 is 1. The van der Waals surface area contributed by atoms with Crippen molar-refractivity contribution in [2.45, 2.75) is 6.54 Å². The molecule has 0 fully saturated rings. The summed E-state index contributed by atoms with van der Waals surface area (Å²) in [7, 11) is 1.60. The van der Waals surface area contributed by atoms with Crippen LogP contribution in [0, 0.1) is 0 Å². The SMILES string of the molecule is COc1c(Br)cc(Br)cc1CNc1ccccc1C(=O)O. The smallest absolute Gasteiger partial charge is 0.337 e. The third kappa shape index (κ3) is 3.77. The van der Waals surface area contributed by atoms with Gasteiger partial charge in [-0.3, -0.25) is 0 Å². The van der Waals surface area contributed by atoms with E-state index in [0.717, 1.165) is 20.3 Å². The Labute approximate surface area is 139 Å². The number of hydrogen-bond acceptors (Lipinski definition) is 3. The molecule has 0 amide bonds. The van der Waals surface area contributed by atoms with Crippen LogP contribution in [-0.2, 0) is 6.54 Å². The Bertz CT molecular complexity index is 674. The number of benzene rings is 2. The number of carboxylic acid groups (broad SMARTS) is 1. The van der Waals surface area contributed by atoms with Crippen LogP contribution in [0.3, 0.4) is 0 Å². The second kappa shape index (κ2) is 6.95. The van der Waals surface area contributed by atoms with E-state index in [2.05, 4.69) is 37.2 Å². The monoisotopic (exact) mass is 413 g/mol. The average molecular weight is 415 g/mol. The first-order chi connectivity index (χ1) is 10.0. The lowest BCUT2D eigenvalue weighted by molar-refractivity contribution is 0.0698. The average Bonchev–Trinajstić information content (AvgIpc) is 2.44. The lowest BCUT2D eigenvalue weighted by Gasteiger charge is -2.14. The van der Waals surface area contributed by atoms with Crippen LogP contribution < -0.4 is 10.1 Å². The molecular weight excluding hydrogens is 402 g/mol. The number of carbonyl (C=O) groups is 1. The third-order valence-corrected chi connectivity index (χ3v) is 3.96. The zero-order valence-electron chi connectivity index (χ0n) is 11.2. The first kappa shape index (κ1) is 15.9. The Morgan fingerprint density at radius 1 is 1.29 bits per heavy atom. The van der Waals surface area contributed by atoms with E-state index in [4.69, 9.17) is 4.74 Å². The summed E-state index contributed by atoms with van der Waals surface area (Å²) in [5.41, 5.74) is 1.73. The summed E-state index contributed by atoms with van der Waals surface area (Å²) < 4.78 is 7.12. The summed E-state index contributed by atoms with van der Waals surface area (Å²) in [6.45, 7) is 0.450. The van der Waals surface area contributed by atoms with Gasteiger partial charge in [-0.05, 0) is 40.2 Å². The van der Waals surface area contributed by atoms with Crippen LogP contribution in [0.4, 0.5) is 5.69 Å². The maximum absolute atomic E-state index is 11.2. The number of para-hydroxylation sites is 1. The molecule has 0 atom stereocenters. The fraction of sp³-hybridized carbons (Fsp3) is 0.133. The van der Waals surface area contributed by atoms with Crippen LogP contribution >= 0.6 is 31.9 Å². The van der Waals surface area contributed by atoms with Gasteiger partial charge in [0.25, 0.3) is 0 Å². The van der Waals surface area contributed by atoms with Crippen molar-refractivity contribution < 1.29 is 14.6 Å². The van der Waals surface area contributed by atoms with Crippen molar-refractivity contribution in [3.63, 3.8) is 0 Å². The molecule has 0 aliphatic heterocycles. The van der Waals surface area contributed by atoms with E-state index in [-0.39, 0.29) is 5.56 Å². The Hall–Kier alpha value is -1.53. The Morgan fingerprint density at radius 3 is 2.67 bits per heavy atom. The standard InChI is InChI=1S/C15H13Br2NO3/c1-21-14-9(6-10(16)7-12(14)17)8-18-13-5-3-2-4-11(13)15(19)20/h2-7,18H,8H2,1H3,(H,19,20). The molecule has 110 valence electrons. The van der Waals surface area contributed by atoms with Gasteiger partial charge in [0.1, 0.15) is 5.75 Å². The van der Waals surface area contributed by atoms with Crippen LogP contribution in [0.15, 0.2) is 45.3 Å². The van der Waals surface area contributed by atoms with Crippen molar-refractivity contribution in [2.24, 2.45) is 0 Å². The van der Waals surface area contributed by atoms with Crippen LogP contribution in [0.1, 0.15) is 15.9 Å². The Balaban J connectivity index is 2.27. The molecule has 6 heteroatoms. The van der Waals surface area contributed by atoms with Gasteiger partial charge in [-0.1, -0.05) is 28.1 Å². The normalized spacial score (nSPS) is 10.2. The summed E-state index contributed by atoms with van der Waals surface area (Å²) in [6, 6.07) is 10.6. The number of halogens is 2. The molecule has 2 rings (SSSR count). The molecule has 0 aliphatic carbocycles. The van der Waals surface area contributed by atoms with E-state index in [1.54, 1.807) is 31.4 Å². The molecule has 2 N–H and O–H groups in total. The molecule has 2 aromatic rings. The predicted octanol–water partition coefficient (Wildman–Crippen LogP) is 4.53. The molecule has 0 aliphatic rings. The van der Waals surface area contributed by atoms with Crippen LogP contribution in [0.5, 0.6) is 5.75 Å². The van der Waals surface area contributed by atoms with Gasteiger partial charge in [0, 0.05) is 22.3 Å². The van der Waals surface area contributed by atoms with Crippen molar-refractivity contribution in [1.29, 1.82) is 0 Å². The Morgan fingerprint density at radius 2 is 2.00 bits per heavy atom. The second-order valence-electron chi connectivity index (χ2n) is 4.28. The molecule has 0 radical (unpaired) electrons. The van der Waals surface area contributed by atoms with E-state index in [9.17, 15) is 9.90 Å². The molecule has 0 saturated carbocycles. The molecular formula is C15H13Br2NO3. The minimum absolute atomic E-state index is 0.241. The van der Waals surface area contributed by atoms with Gasteiger partial charge in [0.2, 0.25) is 0 Å². The van der Waals surface area contributed by atoms with Gasteiger partial charge in [-0.15, -0.1) is 0 Å². The maximum Gasteiger partial charge on any atom is 0.337 e. The van der Waals surface area contributed by atoms with Crippen molar-refractivity contribution in [1.82, 2.24) is 0 Å². The molecule has 21 heavy (non-hydrogen) atoms. The minimum Gasteiger partial charge on any atom is -0.495 e.